The van der Waals surface area contributed by atoms with E-state index in [2.05, 4.69) is 10.6 Å². The Hall–Kier alpha value is -0.780. The van der Waals surface area contributed by atoms with Gasteiger partial charge in [-0.25, -0.2) is 0 Å². The minimum absolute atomic E-state index is 0.277. The maximum atomic E-state index is 12.1. The van der Waals surface area contributed by atoms with Gasteiger partial charge in [-0.2, -0.15) is 13.2 Å². The molecule has 2 fully saturated rings. The molecule has 1 aliphatic carbocycles. The molecule has 17 heavy (non-hydrogen) atoms. The Morgan fingerprint density at radius 2 is 1.88 bits per heavy atom. The molecule has 1 amide bonds. The lowest BCUT2D eigenvalue weighted by atomic mass is 9.72. The zero-order chi connectivity index (χ0) is 12.5. The summed E-state index contributed by atoms with van der Waals surface area (Å²) in [4.78, 5) is 10.8. The highest BCUT2D eigenvalue weighted by molar-refractivity contribution is 5.81. The summed E-state index contributed by atoms with van der Waals surface area (Å²) in [6, 6.07) is -0.310. The third kappa shape index (κ3) is 2.91. The summed E-state index contributed by atoms with van der Waals surface area (Å²) in [7, 11) is 0. The van der Waals surface area contributed by atoms with E-state index in [1.807, 2.05) is 0 Å². The Morgan fingerprint density at radius 1 is 1.24 bits per heavy atom. The monoisotopic (exact) mass is 250 g/mol. The second-order valence-electron chi connectivity index (χ2n) is 5.17. The van der Waals surface area contributed by atoms with Gasteiger partial charge >= 0.3 is 12.1 Å². The van der Waals surface area contributed by atoms with Crippen LogP contribution < -0.4 is 10.6 Å². The van der Waals surface area contributed by atoms with Gasteiger partial charge in [-0.1, -0.05) is 0 Å². The Balaban J connectivity index is 1.81. The maximum Gasteiger partial charge on any atom is 0.471 e. The van der Waals surface area contributed by atoms with Gasteiger partial charge in [0.2, 0.25) is 0 Å². The van der Waals surface area contributed by atoms with Gasteiger partial charge in [-0.05, 0) is 44.1 Å². The first-order valence-corrected chi connectivity index (χ1v) is 6.00. The van der Waals surface area contributed by atoms with Crippen LogP contribution in [0.3, 0.4) is 0 Å². The first-order chi connectivity index (χ1) is 7.91. The number of hydrogen-bond donors (Lipinski definition) is 2. The Bertz CT molecular complexity index is 288. The van der Waals surface area contributed by atoms with E-state index in [4.69, 9.17) is 0 Å². The van der Waals surface area contributed by atoms with Gasteiger partial charge in [0.05, 0.1) is 0 Å². The molecular weight excluding hydrogens is 233 g/mol. The van der Waals surface area contributed by atoms with Gasteiger partial charge in [0.1, 0.15) is 0 Å². The average molecular weight is 250 g/mol. The standard InChI is InChI=1S/C11H17F3N2O/c12-11(13,14)9(17)16-8-1-3-10(4-2-8)5-6-15-7-10/h8,15H,1-7H2,(H,16,17). The van der Waals surface area contributed by atoms with Crippen molar-refractivity contribution < 1.29 is 18.0 Å². The molecule has 0 atom stereocenters. The van der Waals surface area contributed by atoms with Crippen LogP contribution in [0.1, 0.15) is 32.1 Å². The zero-order valence-electron chi connectivity index (χ0n) is 9.57. The van der Waals surface area contributed by atoms with Gasteiger partial charge in [-0.15, -0.1) is 0 Å². The highest BCUT2D eigenvalue weighted by Gasteiger charge is 2.42. The summed E-state index contributed by atoms with van der Waals surface area (Å²) in [6.07, 6.45) is -0.532. The van der Waals surface area contributed by atoms with E-state index < -0.39 is 12.1 Å². The Labute approximate surface area is 98.1 Å². The number of carbonyl (C=O) groups excluding carboxylic acids is 1. The zero-order valence-corrected chi connectivity index (χ0v) is 9.57. The fraction of sp³-hybridized carbons (Fsp3) is 0.909. The minimum Gasteiger partial charge on any atom is -0.346 e. The number of nitrogens with one attached hydrogen (secondary N) is 2. The average Bonchev–Trinajstić information content (AvgIpc) is 2.69. The van der Waals surface area contributed by atoms with Crippen LogP contribution in [0.5, 0.6) is 0 Å². The van der Waals surface area contributed by atoms with Crippen LogP contribution in [0.2, 0.25) is 0 Å². The van der Waals surface area contributed by atoms with E-state index in [0.29, 0.717) is 12.8 Å². The fourth-order valence-electron chi connectivity index (χ4n) is 2.86. The predicted molar refractivity (Wildman–Crippen MR) is 56.4 cm³/mol. The molecule has 1 heterocycles. The van der Waals surface area contributed by atoms with E-state index in [9.17, 15) is 18.0 Å². The molecular formula is C11H17F3N2O. The van der Waals surface area contributed by atoms with Crippen LogP contribution in [0, 0.1) is 5.41 Å². The van der Waals surface area contributed by atoms with Crippen molar-refractivity contribution in [1.29, 1.82) is 0 Å². The van der Waals surface area contributed by atoms with Crippen molar-refractivity contribution in [3.05, 3.63) is 0 Å². The van der Waals surface area contributed by atoms with Gasteiger partial charge in [0, 0.05) is 12.6 Å². The molecule has 0 unspecified atom stereocenters. The molecule has 3 nitrogen and oxygen atoms in total. The first kappa shape index (κ1) is 12.7. The molecule has 6 heteroatoms. The number of rotatable bonds is 1. The summed E-state index contributed by atoms with van der Waals surface area (Å²) in [6.45, 7) is 1.96. The quantitative estimate of drug-likeness (QED) is 0.742. The smallest absolute Gasteiger partial charge is 0.346 e. The fourth-order valence-corrected chi connectivity index (χ4v) is 2.86. The summed E-state index contributed by atoms with van der Waals surface area (Å²) in [5.41, 5.74) is 0.277. The third-order valence-electron chi connectivity index (χ3n) is 3.97. The molecule has 0 aromatic heterocycles. The van der Waals surface area contributed by atoms with E-state index in [1.54, 1.807) is 0 Å². The number of hydrogen-bond acceptors (Lipinski definition) is 2. The van der Waals surface area contributed by atoms with Gasteiger partial charge in [0.15, 0.2) is 0 Å². The molecule has 2 aliphatic rings. The van der Waals surface area contributed by atoms with Crippen molar-refractivity contribution in [3.8, 4) is 0 Å². The normalized spacial score (nSPS) is 33.9. The molecule has 2 rings (SSSR count). The lowest BCUT2D eigenvalue weighted by Crippen LogP contribution is -2.46. The van der Waals surface area contributed by atoms with Gasteiger partial charge < -0.3 is 10.6 Å². The van der Waals surface area contributed by atoms with Crippen LogP contribution in [0.25, 0.3) is 0 Å². The van der Waals surface area contributed by atoms with Crippen molar-refractivity contribution in [2.45, 2.75) is 44.3 Å². The molecule has 1 saturated carbocycles. The van der Waals surface area contributed by atoms with E-state index >= 15 is 0 Å². The number of alkyl halides is 3. The van der Waals surface area contributed by atoms with Crippen LogP contribution >= 0.6 is 0 Å². The Kier molecular flexibility index (Phi) is 3.34. The second-order valence-corrected chi connectivity index (χ2v) is 5.17. The molecule has 1 saturated heterocycles. The summed E-state index contributed by atoms with van der Waals surface area (Å²) >= 11 is 0. The SMILES string of the molecule is O=C(NC1CCC2(CCNC2)CC1)C(F)(F)F. The molecule has 1 spiro atoms. The third-order valence-corrected chi connectivity index (χ3v) is 3.97. The van der Waals surface area contributed by atoms with E-state index in [0.717, 1.165) is 32.4 Å². The molecule has 1 aliphatic heterocycles. The van der Waals surface area contributed by atoms with Gasteiger partial charge in [0.25, 0.3) is 0 Å². The number of halogens is 3. The summed E-state index contributed by atoms with van der Waals surface area (Å²) in [5.74, 6) is -1.80. The second kappa shape index (κ2) is 4.48. The van der Waals surface area contributed by atoms with Crippen molar-refractivity contribution in [3.63, 3.8) is 0 Å². The molecule has 0 aromatic carbocycles. The largest absolute Gasteiger partial charge is 0.471 e. The molecule has 0 aromatic rings. The van der Waals surface area contributed by atoms with Crippen LogP contribution in [0.4, 0.5) is 13.2 Å². The lowest BCUT2D eigenvalue weighted by molar-refractivity contribution is -0.174. The number of amides is 1. The number of carbonyl (C=O) groups is 1. The Morgan fingerprint density at radius 3 is 2.35 bits per heavy atom. The highest BCUT2D eigenvalue weighted by atomic mass is 19.4. The molecule has 98 valence electrons. The highest BCUT2D eigenvalue weighted by Crippen LogP contribution is 2.41. The maximum absolute atomic E-state index is 12.1. The summed E-state index contributed by atoms with van der Waals surface area (Å²) < 4.78 is 36.2. The van der Waals surface area contributed by atoms with Crippen molar-refractivity contribution >= 4 is 5.91 Å². The van der Waals surface area contributed by atoms with Crippen LogP contribution in [0.15, 0.2) is 0 Å². The van der Waals surface area contributed by atoms with Gasteiger partial charge in [-0.3, -0.25) is 4.79 Å². The van der Waals surface area contributed by atoms with Crippen molar-refractivity contribution in [2.75, 3.05) is 13.1 Å². The van der Waals surface area contributed by atoms with Crippen LogP contribution in [-0.4, -0.2) is 31.2 Å². The lowest BCUT2D eigenvalue weighted by Gasteiger charge is -2.36. The molecule has 2 N–H and O–H groups in total. The predicted octanol–water partition coefficient (Wildman–Crippen LogP) is 1.59. The van der Waals surface area contributed by atoms with Crippen molar-refractivity contribution in [2.24, 2.45) is 5.41 Å². The van der Waals surface area contributed by atoms with Crippen molar-refractivity contribution in [1.82, 2.24) is 10.6 Å². The van der Waals surface area contributed by atoms with E-state index in [1.165, 1.54) is 0 Å². The molecule has 0 radical (unpaired) electrons. The topological polar surface area (TPSA) is 41.1 Å². The van der Waals surface area contributed by atoms with E-state index in [-0.39, 0.29) is 11.5 Å². The van der Waals surface area contributed by atoms with Crippen LogP contribution in [-0.2, 0) is 4.79 Å². The minimum atomic E-state index is -4.76. The summed E-state index contributed by atoms with van der Waals surface area (Å²) in [5, 5.41) is 5.38. The molecule has 0 bridgehead atoms. The first-order valence-electron chi connectivity index (χ1n) is 6.00.